The molecule has 5 aromatic carbocycles. The number of unbranched alkanes of at least 4 members (excludes halogenated alkanes) is 12. The Hall–Kier alpha value is -11.1. The number of aryl methyl sites for hydroxylation is 4. The molecule has 0 saturated heterocycles. The molecule has 0 atom stereocenters. The Morgan fingerprint density at radius 3 is 1.17 bits per heavy atom. The van der Waals surface area contributed by atoms with Gasteiger partial charge in [-0.2, -0.15) is 0 Å². The summed E-state index contributed by atoms with van der Waals surface area (Å²) in [7, 11) is 0. The second-order valence-corrected chi connectivity index (χ2v) is 35.5. The van der Waals surface area contributed by atoms with Crippen LogP contribution >= 0.6 is 0 Å². The fourth-order valence-corrected chi connectivity index (χ4v) is 17.8. The van der Waals surface area contributed by atoms with Gasteiger partial charge in [0.2, 0.25) is 0 Å². The fraction of sp³-hybridized carbons (Fsp3) is 0.352. The summed E-state index contributed by atoms with van der Waals surface area (Å²) < 4.78 is 14.4. The zero-order valence-corrected chi connectivity index (χ0v) is 72.6. The Kier molecular flexibility index (Phi) is 25.3. The van der Waals surface area contributed by atoms with Crippen LogP contribution in [0.15, 0.2) is 170 Å². The Bertz CT molecular complexity index is 5900. The predicted molar refractivity (Wildman–Crippen MR) is 502 cm³/mol. The van der Waals surface area contributed by atoms with E-state index in [9.17, 15) is 0 Å². The van der Waals surface area contributed by atoms with Crippen molar-refractivity contribution in [1.29, 1.82) is 0 Å². The molecule has 10 nitrogen and oxygen atoms in total. The van der Waals surface area contributed by atoms with Gasteiger partial charge in [0.05, 0.1) is 62.1 Å². The molecule has 0 saturated carbocycles. The molecule has 6 aromatic heterocycles. The van der Waals surface area contributed by atoms with Crippen molar-refractivity contribution in [3.05, 3.63) is 260 Å². The summed E-state index contributed by atoms with van der Waals surface area (Å²) in [5.41, 5.74) is 38.8. The summed E-state index contributed by atoms with van der Waals surface area (Å²) in [6.07, 6.45) is 30.4. The van der Waals surface area contributed by atoms with E-state index >= 15 is 0 Å². The first-order valence-electron chi connectivity index (χ1n) is 44.3. The van der Waals surface area contributed by atoms with E-state index in [-0.39, 0.29) is 10.8 Å². The van der Waals surface area contributed by atoms with E-state index in [2.05, 4.69) is 311 Å². The van der Waals surface area contributed by atoms with Crippen LogP contribution in [0.1, 0.15) is 289 Å². The zero-order chi connectivity index (χ0) is 82.2. The Morgan fingerprint density at radius 2 is 0.737 bits per heavy atom. The van der Waals surface area contributed by atoms with Crippen molar-refractivity contribution in [1.82, 2.24) is 39.9 Å². The number of hydrogen-bond acceptors (Lipinski definition) is 6. The Balaban J connectivity index is 0.983. The van der Waals surface area contributed by atoms with Gasteiger partial charge in [-0.15, -0.1) is 0 Å². The number of aromatic amines is 4. The highest BCUT2D eigenvalue weighted by atomic mass is 16.5. The molecule has 10 heterocycles. The number of rotatable bonds is 30. The molecule has 0 fully saturated rings. The predicted octanol–water partition coefficient (Wildman–Crippen LogP) is 30.4. The van der Waals surface area contributed by atoms with E-state index < -0.39 is 0 Å². The molecule has 0 unspecified atom stereocenters. The van der Waals surface area contributed by atoms with Crippen molar-refractivity contribution >= 4 is 90.7 Å². The van der Waals surface area contributed by atoms with Crippen molar-refractivity contribution < 1.29 is 9.47 Å². The lowest BCUT2D eigenvalue weighted by molar-refractivity contribution is 0.292. The SMILES string of the molecule is CCCCCCC1=C(C)c2nc1cc1[nH]c(c(C)c1CCCCCC)c(-c1c(OCc3ccccc3)cccc1OCc1ccccc1)c1nc(cc3[nH]c(c(C)c3CCCCCC)c2-c2ccc(-c3c4nc(cc5ccc([nH]5)c(-c5cc(C(C)(C)C)cc(C(C)(C)C)c5)c5nc(cc6ccc3[nH]6)C=C5)C=C4)cc2)C(CCCCCC)=C1C. The summed E-state index contributed by atoms with van der Waals surface area (Å²) in [6.45, 7) is 33.2. The normalized spacial score (nSPS) is 12.9. The molecule has 11 aromatic rings. The molecule has 0 spiro atoms. The van der Waals surface area contributed by atoms with Gasteiger partial charge in [-0.05, 0) is 258 Å². The minimum atomic E-state index is -0.0616. The van der Waals surface area contributed by atoms with E-state index in [1.165, 1.54) is 81.4 Å². The standard InChI is InChI=1S/C108H122N8O2/c1-15-19-23-33-42-84-69(5)103-100(76-50-48-75(49-51-76)98-88-56-52-80(109-88)63-82-54-58-90(111-82)99(91-59-55-83(112-91)64-81-53-57-89(98)110-81)77-60-78(107(9,10)11)62-79(61-77)108(12,13)14)104-70(6)85(43-34-24-20-16-2)93(114-104)66-95-87(45-36-26-22-18-4)72(8)106(116-95)102(105-71(7)86(44-35-25-21-17-3)94(115-105)65-92(84)113-103)101-96(117-67-73-38-29-27-30-39-73)46-37-47-97(101)118-68-74-40-31-28-32-41-74/h27-32,37-41,46-66,109,112-113,116H,15-26,33-36,42-45,67-68H2,1-14H3. The molecule has 16 bridgehead atoms. The van der Waals surface area contributed by atoms with Crippen molar-refractivity contribution in [3.8, 4) is 56.0 Å². The van der Waals surface area contributed by atoms with E-state index in [0.717, 1.165) is 260 Å². The van der Waals surface area contributed by atoms with Crippen LogP contribution in [0.2, 0.25) is 0 Å². The topological polar surface area (TPSA) is 133 Å². The van der Waals surface area contributed by atoms with Crippen LogP contribution in [-0.4, -0.2) is 39.9 Å². The first kappa shape index (κ1) is 82.0. The molecule has 0 amide bonds. The number of allylic oxidation sites excluding steroid dienone is 4. The lowest BCUT2D eigenvalue weighted by atomic mass is 9.79. The number of aromatic nitrogens is 8. The number of H-pyrrole nitrogens is 4. The van der Waals surface area contributed by atoms with Crippen LogP contribution in [0.3, 0.4) is 0 Å². The molecule has 0 radical (unpaired) electrons. The lowest BCUT2D eigenvalue weighted by Gasteiger charge is -2.26. The van der Waals surface area contributed by atoms with Gasteiger partial charge in [0.1, 0.15) is 24.7 Å². The largest absolute Gasteiger partial charge is 0.488 e. The van der Waals surface area contributed by atoms with Gasteiger partial charge in [0, 0.05) is 55.4 Å². The van der Waals surface area contributed by atoms with Crippen molar-refractivity contribution in [2.45, 2.75) is 249 Å². The van der Waals surface area contributed by atoms with Gasteiger partial charge in [-0.1, -0.05) is 255 Å². The fourth-order valence-electron chi connectivity index (χ4n) is 17.8. The van der Waals surface area contributed by atoms with E-state index in [1.54, 1.807) is 0 Å². The maximum Gasteiger partial charge on any atom is 0.131 e. The monoisotopic (exact) mass is 1560 g/mol. The third kappa shape index (κ3) is 18.0. The molecule has 606 valence electrons. The zero-order valence-electron chi connectivity index (χ0n) is 72.6. The van der Waals surface area contributed by atoms with Gasteiger partial charge < -0.3 is 29.4 Å². The number of hydrogen-bond donors (Lipinski definition) is 4. The van der Waals surface area contributed by atoms with Gasteiger partial charge in [-0.25, -0.2) is 19.9 Å². The molecular formula is C108H122N8O2. The van der Waals surface area contributed by atoms with Crippen molar-refractivity contribution in [2.75, 3.05) is 0 Å². The summed E-state index contributed by atoms with van der Waals surface area (Å²) in [5.74, 6) is 1.49. The first-order valence-corrected chi connectivity index (χ1v) is 44.3. The molecule has 4 aliphatic rings. The minimum Gasteiger partial charge on any atom is -0.488 e. The summed E-state index contributed by atoms with van der Waals surface area (Å²) in [5, 5.41) is 0. The Morgan fingerprint density at radius 1 is 0.331 bits per heavy atom. The van der Waals surface area contributed by atoms with Crippen LogP contribution in [0.25, 0.3) is 135 Å². The van der Waals surface area contributed by atoms with Crippen LogP contribution in [0.4, 0.5) is 0 Å². The lowest BCUT2D eigenvalue weighted by Crippen LogP contribution is -2.16. The summed E-state index contributed by atoms with van der Waals surface area (Å²) >= 11 is 0. The minimum absolute atomic E-state index is 0.0616. The molecule has 0 aliphatic carbocycles. The molecule has 15 rings (SSSR count). The maximum atomic E-state index is 7.22. The van der Waals surface area contributed by atoms with E-state index in [4.69, 9.17) is 29.4 Å². The molecule has 4 aliphatic heterocycles. The number of nitrogens with zero attached hydrogens (tertiary/aromatic N) is 4. The molecule has 4 N–H and O–H groups in total. The summed E-state index contributed by atoms with van der Waals surface area (Å²) in [6, 6.07) is 61.9. The first-order chi connectivity index (χ1) is 57.2. The third-order valence-corrected chi connectivity index (χ3v) is 24.7. The van der Waals surface area contributed by atoms with Crippen LogP contribution in [0.5, 0.6) is 11.5 Å². The Labute approximate surface area is 701 Å². The number of benzene rings is 5. The summed E-state index contributed by atoms with van der Waals surface area (Å²) in [4.78, 5) is 39.6. The number of nitrogens with one attached hydrogen (secondary N) is 4. The highest BCUT2D eigenvalue weighted by molar-refractivity contribution is 6.05. The number of ether oxygens (including phenoxy) is 2. The van der Waals surface area contributed by atoms with Crippen molar-refractivity contribution in [2.24, 2.45) is 0 Å². The molecule has 10 heteroatoms. The molecular weight excluding hydrogens is 1440 g/mol. The van der Waals surface area contributed by atoms with Crippen LogP contribution < -0.4 is 9.47 Å². The second-order valence-electron chi connectivity index (χ2n) is 35.5. The smallest absolute Gasteiger partial charge is 0.131 e. The van der Waals surface area contributed by atoms with Crippen LogP contribution in [0, 0.1) is 13.8 Å². The van der Waals surface area contributed by atoms with E-state index in [1.807, 2.05) is 0 Å². The quantitative estimate of drug-likeness (QED) is 0.0332. The third-order valence-electron chi connectivity index (χ3n) is 24.7. The van der Waals surface area contributed by atoms with E-state index in [0.29, 0.717) is 13.2 Å². The maximum absolute atomic E-state index is 7.22. The van der Waals surface area contributed by atoms with Crippen LogP contribution in [-0.2, 0) is 36.9 Å². The highest BCUT2D eigenvalue weighted by Crippen LogP contribution is 2.50. The second kappa shape index (κ2) is 36.4. The number of fused-ring (bicyclic) bond motifs is 16. The van der Waals surface area contributed by atoms with Gasteiger partial charge in [-0.3, -0.25) is 0 Å². The van der Waals surface area contributed by atoms with Gasteiger partial charge in [0.25, 0.3) is 0 Å². The highest BCUT2D eigenvalue weighted by Gasteiger charge is 2.31. The van der Waals surface area contributed by atoms with Gasteiger partial charge in [0.15, 0.2) is 0 Å². The van der Waals surface area contributed by atoms with Crippen molar-refractivity contribution in [3.63, 3.8) is 0 Å². The average molecular weight is 1560 g/mol. The molecule has 118 heavy (non-hydrogen) atoms. The van der Waals surface area contributed by atoms with Gasteiger partial charge >= 0.3 is 0 Å². The average Bonchev–Trinajstić information content (AvgIpc) is 1.62.